The van der Waals surface area contributed by atoms with Gasteiger partial charge in [-0.05, 0) is 38.1 Å². The Bertz CT molecular complexity index is 725. The molecule has 130 valence electrons. The maximum atomic E-state index is 12.7. The minimum atomic E-state index is -0.625. The Morgan fingerprint density at radius 2 is 2.25 bits per heavy atom. The summed E-state index contributed by atoms with van der Waals surface area (Å²) in [5.74, 6) is -0.0234. The summed E-state index contributed by atoms with van der Waals surface area (Å²) in [5, 5.41) is 18.7. The lowest BCUT2D eigenvalue weighted by Crippen LogP contribution is -2.38. The first kappa shape index (κ1) is 17.0. The molecule has 8 nitrogen and oxygen atoms in total. The van der Waals surface area contributed by atoms with E-state index in [1.165, 1.54) is 0 Å². The van der Waals surface area contributed by atoms with Gasteiger partial charge in [-0.15, -0.1) is 5.10 Å². The molecular formula is C15H22N6O2S. The summed E-state index contributed by atoms with van der Waals surface area (Å²) in [6.45, 7) is 4.20. The Morgan fingerprint density at radius 3 is 2.96 bits per heavy atom. The standard InChI is InChI=1S/C15H22N6O2S/c1-4-11-14(24-18-16-11)15(23)20-5-6-21-10(8-20)7-12(17-21)13(22)9-19(2)3/h7,13,22H,4-6,8-9H2,1-3H3. The number of carbonyl (C=O) groups is 1. The number of aliphatic hydroxyl groups is 1. The van der Waals surface area contributed by atoms with Gasteiger partial charge >= 0.3 is 0 Å². The van der Waals surface area contributed by atoms with Gasteiger partial charge in [-0.3, -0.25) is 9.48 Å². The first-order chi connectivity index (χ1) is 11.5. The molecule has 1 unspecified atom stereocenters. The molecule has 1 aliphatic heterocycles. The van der Waals surface area contributed by atoms with Crippen molar-refractivity contribution in [2.75, 3.05) is 27.2 Å². The molecule has 0 spiro atoms. The van der Waals surface area contributed by atoms with Gasteiger partial charge in [0.25, 0.3) is 5.91 Å². The van der Waals surface area contributed by atoms with Crippen LogP contribution in [0.25, 0.3) is 0 Å². The number of hydrogen-bond acceptors (Lipinski definition) is 7. The average molecular weight is 350 g/mol. The van der Waals surface area contributed by atoms with Crippen molar-refractivity contribution in [2.24, 2.45) is 0 Å². The molecule has 24 heavy (non-hydrogen) atoms. The van der Waals surface area contributed by atoms with Crippen LogP contribution in [0.4, 0.5) is 0 Å². The van der Waals surface area contributed by atoms with Gasteiger partial charge in [0.15, 0.2) is 0 Å². The molecule has 9 heteroatoms. The van der Waals surface area contributed by atoms with E-state index in [4.69, 9.17) is 0 Å². The number of rotatable bonds is 5. The number of aryl methyl sites for hydroxylation is 1. The highest BCUT2D eigenvalue weighted by atomic mass is 32.1. The molecule has 1 atom stereocenters. The van der Waals surface area contributed by atoms with Gasteiger partial charge in [-0.25, -0.2) is 0 Å². The molecule has 0 aromatic carbocycles. The van der Waals surface area contributed by atoms with Gasteiger partial charge in [0, 0.05) is 13.1 Å². The normalized spacial score (nSPS) is 15.6. The van der Waals surface area contributed by atoms with E-state index in [1.54, 1.807) is 4.90 Å². The second-order valence-corrected chi connectivity index (χ2v) is 6.94. The molecule has 1 aliphatic rings. The van der Waals surface area contributed by atoms with E-state index >= 15 is 0 Å². The highest BCUT2D eigenvalue weighted by molar-refractivity contribution is 7.08. The first-order valence-corrected chi connectivity index (χ1v) is 8.76. The van der Waals surface area contributed by atoms with Crippen LogP contribution in [0.5, 0.6) is 0 Å². The van der Waals surface area contributed by atoms with Crippen LogP contribution in [0.3, 0.4) is 0 Å². The number of likely N-dealkylation sites (N-methyl/N-ethyl adjacent to an activating group) is 1. The van der Waals surface area contributed by atoms with Crippen molar-refractivity contribution in [3.8, 4) is 0 Å². The van der Waals surface area contributed by atoms with Gasteiger partial charge in [0.1, 0.15) is 11.0 Å². The van der Waals surface area contributed by atoms with Gasteiger partial charge in [0.2, 0.25) is 0 Å². The molecule has 1 amide bonds. The number of nitrogens with zero attached hydrogens (tertiary/aromatic N) is 6. The quantitative estimate of drug-likeness (QED) is 0.847. The second-order valence-electron chi connectivity index (χ2n) is 6.19. The van der Waals surface area contributed by atoms with Gasteiger partial charge in [-0.2, -0.15) is 5.10 Å². The Kier molecular flexibility index (Phi) is 4.93. The smallest absolute Gasteiger partial charge is 0.267 e. The third-order valence-corrected chi connectivity index (χ3v) is 4.82. The zero-order valence-electron chi connectivity index (χ0n) is 14.1. The molecule has 0 bridgehead atoms. The molecule has 2 aromatic heterocycles. The molecule has 1 N–H and O–H groups in total. The lowest BCUT2D eigenvalue weighted by atomic mass is 10.2. The van der Waals surface area contributed by atoms with Crippen LogP contribution >= 0.6 is 11.5 Å². The molecule has 0 aliphatic carbocycles. The van der Waals surface area contributed by atoms with Crippen molar-refractivity contribution in [3.63, 3.8) is 0 Å². The summed E-state index contributed by atoms with van der Waals surface area (Å²) in [7, 11) is 3.82. The molecule has 0 fully saturated rings. The van der Waals surface area contributed by atoms with E-state index in [-0.39, 0.29) is 5.91 Å². The summed E-state index contributed by atoms with van der Waals surface area (Å²) in [6, 6.07) is 1.89. The number of aromatic nitrogens is 4. The fraction of sp³-hybridized carbons (Fsp3) is 0.600. The third-order valence-electron chi connectivity index (χ3n) is 4.07. The highest BCUT2D eigenvalue weighted by Crippen LogP contribution is 2.22. The summed E-state index contributed by atoms with van der Waals surface area (Å²) in [4.78, 5) is 17.0. The molecule has 2 aromatic rings. The molecule has 3 rings (SSSR count). The van der Waals surface area contributed by atoms with Crippen LogP contribution in [0.1, 0.15) is 39.8 Å². The minimum absolute atomic E-state index is 0.0234. The predicted molar refractivity (Wildman–Crippen MR) is 89.8 cm³/mol. The van der Waals surface area contributed by atoms with Crippen molar-refractivity contribution < 1.29 is 9.90 Å². The zero-order chi connectivity index (χ0) is 17.3. The Labute approximate surface area is 144 Å². The van der Waals surface area contributed by atoms with E-state index in [0.29, 0.717) is 43.2 Å². The van der Waals surface area contributed by atoms with E-state index in [0.717, 1.165) is 22.9 Å². The van der Waals surface area contributed by atoms with Crippen molar-refractivity contribution >= 4 is 17.4 Å². The van der Waals surface area contributed by atoms with Crippen LogP contribution in [-0.2, 0) is 19.5 Å². The van der Waals surface area contributed by atoms with Crippen molar-refractivity contribution in [2.45, 2.75) is 32.5 Å². The monoisotopic (exact) mass is 350 g/mol. The zero-order valence-corrected chi connectivity index (χ0v) is 15.0. The van der Waals surface area contributed by atoms with Crippen LogP contribution in [0, 0.1) is 0 Å². The van der Waals surface area contributed by atoms with E-state index in [1.807, 2.05) is 36.7 Å². The van der Waals surface area contributed by atoms with Crippen LogP contribution in [0.15, 0.2) is 6.07 Å². The molecule has 3 heterocycles. The Hall–Kier alpha value is -1.84. The van der Waals surface area contributed by atoms with Gasteiger partial charge in [0.05, 0.1) is 30.2 Å². The number of carbonyl (C=O) groups excluding carboxylic acids is 1. The number of hydrogen-bond donors (Lipinski definition) is 1. The van der Waals surface area contributed by atoms with Crippen molar-refractivity contribution in [1.29, 1.82) is 0 Å². The lowest BCUT2D eigenvalue weighted by molar-refractivity contribution is 0.0709. The number of fused-ring (bicyclic) bond motifs is 1. The van der Waals surface area contributed by atoms with Crippen LogP contribution < -0.4 is 0 Å². The van der Waals surface area contributed by atoms with Crippen LogP contribution in [-0.4, -0.2) is 67.4 Å². The van der Waals surface area contributed by atoms with Crippen molar-refractivity contribution in [1.82, 2.24) is 29.2 Å². The van der Waals surface area contributed by atoms with E-state index in [2.05, 4.69) is 14.7 Å². The SMILES string of the molecule is CCc1nnsc1C(=O)N1CCn2nc(C(O)CN(C)C)cc2C1. The second kappa shape index (κ2) is 6.96. The third kappa shape index (κ3) is 3.33. The van der Waals surface area contributed by atoms with Gasteiger partial charge in [-0.1, -0.05) is 11.4 Å². The fourth-order valence-corrected chi connectivity index (χ4v) is 3.53. The summed E-state index contributed by atoms with van der Waals surface area (Å²) < 4.78 is 5.78. The minimum Gasteiger partial charge on any atom is -0.385 e. The Balaban J connectivity index is 1.75. The predicted octanol–water partition coefficient (Wildman–Crippen LogP) is 0.548. The number of amides is 1. The van der Waals surface area contributed by atoms with Crippen LogP contribution in [0.2, 0.25) is 0 Å². The highest BCUT2D eigenvalue weighted by Gasteiger charge is 2.27. The summed E-state index contributed by atoms with van der Waals surface area (Å²) in [5.41, 5.74) is 2.35. The molecule has 0 radical (unpaired) electrons. The maximum absolute atomic E-state index is 12.7. The fourth-order valence-electron chi connectivity index (χ4n) is 2.81. The van der Waals surface area contributed by atoms with Crippen molar-refractivity contribution in [3.05, 3.63) is 28.0 Å². The molecule has 0 saturated heterocycles. The maximum Gasteiger partial charge on any atom is 0.267 e. The molecular weight excluding hydrogens is 328 g/mol. The molecule has 0 saturated carbocycles. The summed E-state index contributed by atoms with van der Waals surface area (Å²) in [6.07, 6.45) is 0.0733. The largest absolute Gasteiger partial charge is 0.385 e. The summed E-state index contributed by atoms with van der Waals surface area (Å²) >= 11 is 1.15. The van der Waals surface area contributed by atoms with Gasteiger partial charge < -0.3 is 14.9 Å². The topological polar surface area (TPSA) is 87.4 Å². The lowest BCUT2D eigenvalue weighted by Gasteiger charge is -2.27. The van der Waals surface area contributed by atoms with E-state index < -0.39 is 6.10 Å². The van der Waals surface area contributed by atoms with E-state index in [9.17, 15) is 9.90 Å². The first-order valence-electron chi connectivity index (χ1n) is 7.99. The Morgan fingerprint density at radius 1 is 1.46 bits per heavy atom. The number of aliphatic hydroxyl groups excluding tert-OH is 1. The average Bonchev–Trinajstić information content (AvgIpc) is 3.19.